The van der Waals surface area contributed by atoms with Crippen molar-refractivity contribution in [1.82, 2.24) is 0 Å². The Kier molecular flexibility index (Phi) is 4.72. The molecule has 0 N–H and O–H groups in total. The lowest BCUT2D eigenvalue weighted by Crippen LogP contribution is -2.44. The Bertz CT molecular complexity index is 408. The van der Waals surface area contributed by atoms with E-state index in [0.29, 0.717) is 0 Å². The fraction of sp³-hybridized carbons (Fsp3) is 0.625. The highest BCUT2D eigenvalue weighted by Gasteiger charge is 2.47. The first kappa shape index (κ1) is 15.7. The van der Waals surface area contributed by atoms with Crippen LogP contribution < -0.4 is 0 Å². The maximum Gasteiger partial charge on any atom is 0.333 e. The predicted octanol–water partition coefficient (Wildman–Crippen LogP) is 3.16. The van der Waals surface area contributed by atoms with Crippen molar-refractivity contribution in [3.05, 3.63) is 24.8 Å². The maximum atomic E-state index is 12.7. The van der Waals surface area contributed by atoms with Crippen molar-refractivity contribution in [3.63, 3.8) is 0 Å². The summed E-state index contributed by atoms with van der Waals surface area (Å²) in [5.41, 5.74) is -0.159. The highest BCUT2D eigenvalue weighted by molar-refractivity contribution is 5.99. The summed E-state index contributed by atoms with van der Waals surface area (Å²) >= 11 is 0. The molecular formula is C16H24O3. The second-order valence-electron chi connectivity index (χ2n) is 5.95. The Morgan fingerprint density at radius 2 is 2.11 bits per heavy atom. The molecule has 0 unspecified atom stereocenters. The van der Waals surface area contributed by atoms with E-state index in [4.69, 9.17) is 4.74 Å². The van der Waals surface area contributed by atoms with Gasteiger partial charge in [-0.2, -0.15) is 0 Å². The number of Topliss-reactive ketones (excluding diaryl/α,β-unsaturated/α-hetero) is 1. The van der Waals surface area contributed by atoms with Gasteiger partial charge in [-0.3, -0.25) is 4.79 Å². The molecule has 0 spiro atoms. The molecule has 1 saturated carbocycles. The number of carbonyl (C=O) groups excluding carboxylic acids is 2. The van der Waals surface area contributed by atoms with Crippen molar-refractivity contribution in [1.29, 1.82) is 0 Å². The molecule has 3 atom stereocenters. The molecule has 1 rings (SSSR count). The summed E-state index contributed by atoms with van der Waals surface area (Å²) in [6, 6.07) is 0. The van der Waals surface area contributed by atoms with Gasteiger partial charge in [0, 0.05) is 11.5 Å². The molecule has 106 valence electrons. The summed E-state index contributed by atoms with van der Waals surface area (Å²) < 4.78 is 4.72. The van der Waals surface area contributed by atoms with E-state index in [1.807, 2.05) is 20.8 Å². The Labute approximate surface area is 115 Å². The van der Waals surface area contributed by atoms with E-state index < -0.39 is 17.3 Å². The minimum Gasteiger partial charge on any atom is -0.466 e. The Morgan fingerprint density at radius 1 is 1.53 bits per heavy atom. The van der Waals surface area contributed by atoms with Crippen LogP contribution in [0.15, 0.2) is 24.8 Å². The first-order valence-corrected chi connectivity index (χ1v) is 6.73. The molecule has 0 aromatic carbocycles. The lowest BCUT2D eigenvalue weighted by Gasteiger charge is -2.42. The minimum absolute atomic E-state index is 0.0144. The molecule has 0 aromatic rings. The third-order valence-electron chi connectivity index (χ3n) is 4.37. The molecule has 0 radical (unpaired) electrons. The number of allylic oxidation sites excluding steroid dienone is 1. The average Bonchev–Trinajstić information content (AvgIpc) is 2.37. The van der Waals surface area contributed by atoms with Gasteiger partial charge < -0.3 is 4.74 Å². The van der Waals surface area contributed by atoms with E-state index in [0.717, 1.165) is 12.8 Å². The predicted molar refractivity (Wildman–Crippen MR) is 75.5 cm³/mol. The van der Waals surface area contributed by atoms with E-state index in [1.54, 1.807) is 6.08 Å². The van der Waals surface area contributed by atoms with Gasteiger partial charge in [0.1, 0.15) is 5.78 Å². The minimum atomic E-state index is -0.515. The number of esters is 1. The molecule has 0 aliphatic heterocycles. The molecule has 1 aliphatic carbocycles. The van der Waals surface area contributed by atoms with Gasteiger partial charge in [0.15, 0.2) is 0 Å². The first-order valence-electron chi connectivity index (χ1n) is 6.73. The van der Waals surface area contributed by atoms with Crippen LogP contribution in [-0.2, 0) is 14.3 Å². The van der Waals surface area contributed by atoms with E-state index in [-0.39, 0.29) is 23.2 Å². The van der Waals surface area contributed by atoms with Crippen molar-refractivity contribution < 1.29 is 14.3 Å². The monoisotopic (exact) mass is 264 g/mol. The number of carbonyl (C=O) groups is 2. The largest absolute Gasteiger partial charge is 0.466 e. The van der Waals surface area contributed by atoms with Crippen LogP contribution in [0.1, 0.15) is 33.6 Å². The molecular weight excluding hydrogens is 240 g/mol. The zero-order chi connectivity index (χ0) is 14.8. The normalized spacial score (nSPS) is 31.1. The number of rotatable bonds is 4. The fourth-order valence-electron chi connectivity index (χ4n) is 2.99. The maximum absolute atomic E-state index is 12.7. The molecule has 3 heteroatoms. The van der Waals surface area contributed by atoms with Crippen molar-refractivity contribution in [2.75, 3.05) is 7.11 Å². The number of methoxy groups -OCH3 is 1. The summed E-state index contributed by atoms with van der Waals surface area (Å²) in [5, 5.41) is 0. The van der Waals surface area contributed by atoms with Gasteiger partial charge in [-0.1, -0.05) is 33.4 Å². The smallest absolute Gasteiger partial charge is 0.333 e. The molecule has 0 saturated heterocycles. The quantitative estimate of drug-likeness (QED) is 0.445. The van der Waals surface area contributed by atoms with Crippen molar-refractivity contribution in [2.45, 2.75) is 33.6 Å². The second-order valence-corrected chi connectivity index (χ2v) is 5.95. The molecule has 19 heavy (non-hydrogen) atoms. The summed E-state index contributed by atoms with van der Waals surface area (Å²) in [7, 11) is 1.31. The molecule has 3 nitrogen and oxygen atoms in total. The zero-order valence-corrected chi connectivity index (χ0v) is 12.4. The van der Waals surface area contributed by atoms with E-state index >= 15 is 0 Å². The average molecular weight is 264 g/mol. The lowest BCUT2D eigenvalue weighted by molar-refractivity contribution is -0.142. The van der Waals surface area contributed by atoms with Crippen LogP contribution in [0.25, 0.3) is 0 Å². The van der Waals surface area contributed by atoms with Gasteiger partial charge in [-0.25, -0.2) is 4.79 Å². The van der Waals surface area contributed by atoms with E-state index in [1.165, 1.54) is 7.11 Å². The number of hydrogen-bond acceptors (Lipinski definition) is 3. The zero-order valence-electron chi connectivity index (χ0n) is 12.4. The molecule has 0 amide bonds. The van der Waals surface area contributed by atoms with E-state index in [2.05, 4.69) is 13.2 Å². The standard InChI is InChI=1S/C16H24O3/c1-7-16(5)9-8-12(10(2)3)14(17)13(16)11(4)15(18)19-6/h7,10,12-13H,1,4,8-9H2,2-3,5-6H3/t12-,13+,16-/m1/s1. The van der Waals surface area contributed by atoms with Crippen LogP contribution in [0.5, 0.6) is 0 Å². The van der Waals surface area contributed by atoms with Crippen LogP contribution in [-0.4, -0.2) is 18.9 Å². The van der Waals surface area contributed by atoms with Gasteiger partial charge in [0.25, 0.3) is 0 Å². The summed E-state index contributed by atoms with van der Waals surface area (Å²) in [5.74, 6) is -0.664. The number of ether oxygens (including phenoxy) is 1. The summed E-state index contributed by atoms with van der Waals surface area (Å²) in [4.78, 5) is 24.4. The van der Waals surface area contributed by atoms with Crippen molar-refractivity contribution in [2.24, 2.45) is 23.2 Å². The van der Waals surface area contributed by atoms with Gasteiger partial charge in [-0.05, 0) is 24.2 Å². The third-order valence-corrected chi connectivity index (χ3v) is 4.37. The number of hydrogen-bond donors (Lipinski definition) is 0. The molecule has 0 bridgehead atoms. The topological polar surface area (TPSA) is 43.4 Å². The van der Waals surface area contributed by atoms with Crippen molar-refractivity contribution >= 4 is 11.8 Å². The van der Waals surface area contributed by atoms with Crippen LogP contribution in [0.2, 0.25) is 0 Å². The molecule has 0 heterocycles. The van der Waals surface area contributed by atoms with Crippen molar-refractivity contribution in [3.8, 4) is 0 Å². The molecule has 1 aliphatic rings. The Morgan fingerprint density at radius 3 is 2.53 bits per heavy atom. The van der Waals surface area contributed by atoms with Gasteiger partial charge in [0.05, 0.1) is 13.0 Å². The van der Waals surface area contributed by atoms with Crippen LogP contribution in [0.3, 0.4) is 0 Å². The number of ketones is 1. The van der Waals surface area contributed by atoms with Crippen LogP contribution >= 0.6 is 0 Å². The third kappa shape index (κ3) is 2.80. The second kappa shape index (κ2) is 5.72. The lowest BCUT2D eigenvalue weighted by atomic mass is 9.59. The highest BCUT2D eigenvalue weighted by atomic mass is 16.5. The van der Waals surface area contributed by atoms with Gasteiger partial charge >= 0.3 is 5.97 Å². The molecule has 0 aromatic heterocycles. The van der Waals surface area contributed by atoms with Gasteiger partial charge in [0.2, 0.25) is 0 Å². The molecule has 1 fully saturated rings. The Balaban J connectivity index is 3.16. The first-order chi connectivity index (χ1) is 8.78. The van der Waals surface area contributed by atoms with Gasteiger partial charge in [-0.15, -0.1) is 6.58 Å². The SMILES string of the molecule is C=C[C@]1(C)CC[C@H](C(C)C)C(=O)[C@@H]1C(=C)C(=O)OC. The van der Waals surface area contributed by atoms with E-state index in [9.17, 15) is 9.59 Å². The summed E-state index contributed by atoms with van der Waals surface area (Å²) in [6.07, 6.45) is 3.45. The fourth-order valence-corrected chi connectivity index (χ4v) is 2.99. The van der Waals surface area contributed by atoms with Crippen LogP contribution in [0, 0.1) is 23.2 Å². The highest BCUT2D eigenvalue weighted by Crippen LogP contribution is 2.47. The Hall–Kier alpha value is -1.38. The summed E-state index contributed by atoms with van der Waals surface area (Å²) in [6.45, 7) is 13.7. The van der Waals surface area contributed by atoms with Crippen LogP contribution in [0.4, 0.5) is 0 Å².